The lowest BCUT2D eigenvalue weighted by molar-refractivity contribution is 0.0847. The van der Waals surface area contributed by atoms with E-state index in [1.54, 1.807) is 10.9 Å². The molecule has 1 aliphatic rings. The number of hydrogen-bond acceptors (Lipinski definition) is 4. The van der Waals surface area contributed by atoms with Gasteiger partial charge in [0.1, 0.15) is 0 Å². The molecule has 2 aromatic heterocycles. The lowest BCUT2D eigenvalue weighted by atomic mass is 10.2. The molecule has 0 aromatic carbocycles. The first-order valence-corrected chi connectivity index (χ1v) is 7.18. The summed E-state index contributed by atoms with van der Waals surface area (Å²) in [5, 5.41) is 18.6. The van der Waals surface area contributed by atoms with Crippen molar-refractivity contribution in [2.75, 3.05) is 13.1 Å². The Balaban J connectivity index is 1.53. The minimum absolute atomic E-state index is 0.381. The zero-order valence-electron chi connectivity index (χ0n) is 11.5. The molecule has 0 radical (unpaired) electrons. The fourth-order valence-electron chi connectivity index (χ4n) is 2.92. The number of rotatable bonds is 6. The normalized spacial score (nSPS) is 21.4. The maximum Gasteiger partial charge on any atom is 0.0862 e. The molecule has 6 heteroatoms. The molecule has 3 heterocycles. The summed E-state index contributed by atoms with van der Waals surface area (Å²) in [6.07, 6.45) is 9.42. The molecule has 1 fully saturated rings. The molecule has 108 valence electrons. The highest BCUT2D eigenvalue weighted by Crippen LogP contribution is 2.19. The third-order valence-corrected chi connectivity index (χ3v) is 3.86. The van der Waals surface area contributed by atoms with E-state index < -0.39 is 0 Å². The Labute approximate surface area is 118 Å². The maximum absolute atomic E-state index is 10.2. The van der Waals surface area contributed by atoms with Gasteiger partial charge in [0.05, 0.1) is 19.2 Å². The van der Waals surface area contributed by atoms with Crippen molar-refractivity contribution in [2.24, 2.45) is 0 Å². The van der Waals surface area contributed by atoms with E-state index in [-0.39, 0.29) is 6.10 Å². The van der Waals surface area contributed by atoms with E-state index >= 15 is 0 Å². The molecule has 0 saturated carbocycles. The minimum atomic E-state index is -0.381. The number of hydrogen-bond donors (Lipinski definition) is 1. The van der Waals surface area contributed by atoms with Crippen molar-refractivity contribution in [3.05, 3.63) is 36.9 Å². The van der Waals surface area contributed by atoms with Crippen molar-refractivity contribution >= 4 is 0 Å². The topological polar surface area (TPSA) is 59.1 Å². The highest BCUT2D eigenvalue weighted by molar-refractivity contribution is 4.85. The molecule has 0 aliphatic carbocycles. The Morgan fingerprint density at radius 3 is 2.55 bits per heavy atom. The van der Waals surface area contributed by atoms with Crippen LogP contribution < -0.4 is 0 Å². The summed E-state index contributed by atoms with van der Waals surface area (Å²) >= 11 is 0. The summed E-state index contributed by atoms with van der Waals surface area (Å²) in [4.78, 5) is 2.37. The number of likely N-dealkylation sites (tertiary alicyclic amines) is 1. The SMILES string of the molecule is OC(CN1CCCC1Cn1cccn1)Cn1cccn1. The van der Waals surface area contributed by atoms with Gasteiger partial charge in [-0.1, -0.05) is 0 Å². The van der Waals surface area contributed by atoms with Gasteiger partial charge < -0.3 is 5.11 Å². The molecule has 0 spiro atoms. The highest BCUT2D eigenvalue weighted by Gasteiger charge is 2.26. The van der Waals surface area contributed by atoms with E-state index in [1.807, 2.05) is 35.4 Å². The lowest BCUT2D eigenvalue weighted by Crippen LogP contribution is -2.40. The van der Waals surface area contributed by atoms with Gasteiger partial charge >= 0.3 is 0 Å². The molecule has 1 saturated heterocycles. The Hall–Kier alpha value is -1.66. The summed E-state index contributed by atoms with van der Waals surface area (Å²) in [5.41, 5.74) is 0. The van der Waals surface area contributed by atoms with Gasteiger partial charge in [-0.15, -0.1) is 0 Å². The molecule has 6 nitrogen and oxygen atoms in total. The number of nitrogens with zero attached hydrogens (tertiary/aromatic N) is 5. The van der Waals surface area contributed by atoms with E-state index in [9.17, 15) is 5.11 Å². The van der Waals surface area contributed by atoms with Crippen molar-refractivity contribution in [2.45, 2.75) is 38.1 Å². The fraction of sp³-hybridized carbons (Fsp3) is 0.571. The minimum Gasteiger partial charge on any atom is -0.390 e. The van der Waals surface area contributed by atoms with E-state index in [0.717, 1.165) is 13.1 Å². The van der Waals surface area contributed by atoms with Crippen LogP contribution in [-0.4, -0.2) is 54.8 Å². The maximum atomic E-state index is 10.2. The second-order valence-corrected chi connectivity index (χ2v) is 5.40. The van der Waals surface area contributed by atoms with E-state index in [0.29, 0.717) is 19.1 Å². The zero-order chi connectivity index (χ0) is 13.8. The van der Waals surface area contributed by atoms with Crippen LogP contribution in [0.4, 0.5) is 0 Å². The van der Waals surface area contributed by atoms with Crippen molar-refractivity contribution in [3.63, 3.8) is 0 Å². The largest absolute Gasteiger partial charge is 0.390 e. The first kappa shape index (κ1) is 13.3. The van der Waals surface area contributed by atoms with Crippen LogP contribution in [0, 0.1) is 0 Å². The van der Waals surface area contributed by atoms with E-state index in [4.69, 9.17) is 0 Å². The standard InChI is InChI=1S/C14H21N5O/c20-14(12-19-9-3-6-16-19)11-17-7-1-4-13(17)10-18-8-2-5-15-18/h2-3,5-6,8-9,13-14,20H,1,4,7,10-12H2. The summed E-state index contributed by atoms with van der Waals surface area (Å²) in [6, 6.07) is 4.30. The Bertz CT molecular complexity index is 496. The van der Waals surface area contributed by atoms with Crippen LogP contribution in [0.25, 0.3) is 0 Å². The molecule has 0 bridgehead atoms. The van der Waals surface area contributed by atoms with E-state index in [2.05, 4.69) is 15.1 Å². The highest BCUT2D eigenvalue weighted by atomic mass is 16.3. The van der Waals surface area contributed by atoms with Crippen LogP contribution in [0.1, 0.15) is 12.8 Å². The van der Waals surface area contributed by atoms with Crippen molar-refractivity contribution < 1.29 is 5.11 Å². The van der Waals surface area contributed by atoms with E-state index in [1.165, 1.54) is 12.8 Å². The molecule has 2 atom stereocenters. The summed E-state index contributed by atoms with van der Waals surface area (Å²) < 4.78 is 3.76. The predicted octanol–water partition coefficient (Wildman–Crippen LogP) is 0.605. The van der Waals surface area contributed by atoms with Gasteiger partial charge in [-0.2, -0.15) is 10.2 Å². The first-order chi connectivity index (χ1) is 9.81. The summed E-state index contributed by atoms with van der Waals surface area (Å²) in [6.45, 7) is 3.22. The molecule has 2 unspecified atom stereocenters. The molecule has 3 rings (SSSR count). The van der Waals surface area contributed by atoms with Crippen molar-refractivity contribution in [3.8, 4) is 0 Å². The van der Waals surface area contributed by atoms with Crippen LogP contribution >= 0.6 is 0 Å². The molecular formula is C14H21N5O. The van der Waals surface area contributed by atoms with Crippen LogP contribution in [0.3, 0.4) is 0 Å². The average Bonchev–Trinajstić information content (AvgIpc) is 3.14. The first-order valence-electron chi connectivity index (χ1n) is 7.18. The number of aliphatic hydroxyl groups excluding tert-OH is 1. The molecule has 1 aliphatic heterocycles. The van der Waals surface area contributed by atoms with Gasteiger partial charge in [-0.25, -0.2) is 0 Å². The number of aliphatic hydroxyl groups is 1. The average molecular weight is 275 g/mol. The summed E-state index contributed by atoms with van der Waals surface area (Å²) in [5.74, 6) is 0. The molecule has 1 N–H and O–H groups in total. The van der Waals surface area contributed by atoms with Gasteiger partial charge in [-0.3, -0.25) is 14.3 Å². The predicted molar refractivity (Wildman–Crippen MR) is 75.1 cm³/mol. The Morgan fingerprint density at radius 1 is 1.10 bits per heavy atom. The zero-order valence-corrected chi connectivity index (χ0v) is 11.5. The van der Waals surface area contributed by atoms with Crippen LogP contribution in [0.5, 0.6) is 0 Å². The van der Waals surface area contributed by atoms with Crippen molar-refractivity contribution in [1.82, 2.24) is 24.5 Å². The quantitative estimate of drug-likeness (QED) is 0.839. The number of β-amino-alcohol motifs (C(OH)–C–C–N with tert-alkyl or cyclic N) is 1. The summed E-state index contributed by atoms with van der Waals surface area (Å²) in [7, 11) is 0. The lowest BCUT2D eigenvalue weighted by Gasteiger charge is -2.26. The van der Waals surface area contributed by atoms with Crippen LogP contribution in [-0.2, 0) is 13.1 Å². The second-order valence-electron chi connectivity index (χ2n) is 5.40. The smallest absolute Gasteiger partial charge is 0.0862 e. The van der Waals surface area contributed by atoms with Crippen LogP contribution in [0.15, 0.2) is 36.9 Å². The van der Waals surface area contributed by atoms with Crippen LogP contribution in [0.2, 0.25) is 0 Å². The monoisotopic (exact) mass is 275 g/mol. The van der Waals surface area contributed by atoms with Gasteiger partial charge in [0.15, 0.2) is 0 Å². The van der Waals surface area contributed by atoms with Gasteiger partial charge in [-0.05, 0) is 31.5 Å². The Morgan fingerprint density at radius 2 is 1.85 bits per heavy atom. The van der Waals surface area contributed by atoms with Gasteiger partial charge in [0.2, 0.25) is 0 Å². The van der Waals surface area contributed by atoms with Gasteiger partial charge in [0.25, 0.3) is 0 Å². The molecule has 2 aromatic rings. The molecular weight excluding hydrogens is 254 g/mol. The molecule has 0 amide bonds. The molecule has 20 heavy (non-hydrogen) atoms. The second kappa shape index (κ2) is 6.19. The third kappa shape index (κ3) is 3.26. The van der Waals surface area contributed by atoms with Gasteiger partial charge in [0, 0.05) is 37.4 Å². The Kier molecular flexibility index (Phi) is 4.13. The fourth-order valence-corrected chi connectivity index (χ4v) is 2.92. The number of aromatic nitrogens is 4. The van der Waals surface area contributed by atoms with Crippen molar-refractivity contribution in [1.29, 1.82) is 0 Å². The third-order valence-electron chi connectivity index (χ3n) is 3.86.